The minimum atomic E-state index is 0.131. The Morgan fingerprint density at radius 3 is 2.47 bits per heavy atom. The standard InChI is InChI=1S/C15H20ClN3/c1-4-12(17)9-14-11(3)18-19(15(14)16)13-7-5-10(2)6-8-13/h5-8,12H,4,9,17H2,1-3H3. The second-order valence-corrected chi connectivity index (χ2v) is 5.33. The third kappa shape index (κ3) is 2.99. The highest BCUT2D eigenvalue weighted by atomic mass is 35.5. The minimum Gasteiger partial charge on any atom is -0.327 e. The SMILES string of the molecule is CCC(N)Cc1c(C)nn(-c2ccc(C)cc2)c1Cl. The molecule has 1 unspecified atom stereocenters. The summed E-state index contributed by atoms with van der Waals surface area (Å²) in [5.74, 6) is 0. The number of nitrogens with two attached hydrogens (primary N) is 1. The van der Waals surface area contributed by atoms with Crippen molar-refractivity contribution in [1.29, 1.82) is 0 Å². The van der Waals surface area contributed by atoms with Crippen molar-refractivity contribution in [2.45, 2.75) is 39.7 Å². The Balaban J connectivity index is 2.38. The first-order valence-corrected chi connectivity index (χ1v) is 6.97. The molecule has 0 aliphatic heterocycles. The Bertz CT molecular complexity index is 558. The Kier molecular flexibility index (Phi) is 4.27. The highest BCUT2D eigenvalue weighted by Gasteiger charge is 2.16. The van der Waals surface area contributed by atoms with Gasteiger partial charge in [-0.3, -0.25) is 0 Å². The van der Waals surface area contributed by atoms with Crippen LogP contribution in [0.3, 0.4) is 0 Å². The van der Waals surface area contributed by atoms with Gasteiger partial charge >= 0.3 is 0 Å². The second kappa shape index (κ2) is 5.76. The quantitative estimate of drug-likeness (QED) is 0.931. The summed E-state index contributed by atoms with van der Waals surface area (Å²) < 4.78 is 1.79. The van der Waals surface area contributed by atoms with Gasteiger partial charge in [-0.1, -0.05) is 36.2 Å². The molecule has 2 rings (SSSR count). The van der Waals surface area contributed by atoms with E-state index < -0.39 is 0 Å². The van der Waals surface area contributed by atoms with Crippen LogP contribution in [-0.4, -0.2) is 15.8 Å². The number of hydrogen-bond donors (Lipinski definition) is 1. The molecule has 2 aromatic rings. The molecule has 0 aliphatic carbocycles. The van der Waals surface area contributed by atoms with Gasteiger partial charge < -0.3 is 5.73 Å². The summed E-state index contributed by atoms with van der Waals surface area (Å²) in [4.78, 5) is 0. The molecular weight excluding hydrogens is 258 g/mol. The maximum absolute atomic E-state index is 6.45. The van der Waals surface area contributed by atoms with Crippen molar-refractivity contribution in [1.82, 2.24) is 9.78 Å². The molecule has 0 saturated heterocycles. The van der Waals surface area contributed by atoms with E-state index in [0.717, 1.165) is 29.8 Å². The predicted octanol–water partition coefficient (Wildman–Crippen LogP) is 3.42. The van der Waals surface area contributed by atoms with Crippen LogP contribution >= 0.6 is 11.6 Å². The maximum Gasteiger partial charge on any atom is 0.136 e. The molecule has 2 N–H and O–H groups in total. The number of benzene rings is 1. The molecule has 0 amide bonds. The molecule has 1 aromatic carbocycles. The molecule has 19 heavy (non-hydrogen) atoms. The van der Waals surface area contributed by atoms with Gasteiger partial charge in [0.05, 0.1) is 11.4 Å². The van der Waals surface area contributed by atoms with E-state index in [-0.39, 0.29) is 6.04 Å². The number of hydrogen-bond acceptors (Lipinski definition) is 2. The molecule has 0 aliphatic rings. The number of aryl methyl sites for hydroxylation is 2. The molecule has 0 radical (unpaired) electrons. The van der Waals surface area contributed by atoms with Gasteiger partial charge in [-0.05, 0) is 38.8 Å². The summed E-state index contributed by atoms with van der Waals surface area (Å²) in [7, 11) is 0. The van der Waals surface area contributed by atoms with E-state index in [2.05, 4.69) is 31.1 Å². The first-order valence-electron chi connectivity index (χ1n) is 6.59. The van der Waals surface area contributed by atoms with Crippen molar-refractivity contribution < 1.29 is 0 Å². The first kappa shape index (κ1) is 14.1. The molecule has 4 heteroatoms. The average molecular weight is 278 g/mol. The molecule has 0 bridgehead atoms. The Morgan fingerprint density at radius 1 is 1.26 bits per heavy atom. The van der Waals surface area contributed by atoms with Gasteiger partial charge in [-0.15, -0.1) is 0 Å². The van der Waals surface area contributed by atoms with E-state index in [4.69, 9.17) is 17.3 Å². The lowest BCUT2D eigenvalue weighted by Gasteiger charge is -2.08. The Hall–Kier alpha value is -1.32. The van der Waals surface area contributed by atoms with Crippen molar-refractivity contribution in [3.8, 4) is 5.69 Å². The molecule has 1 heterocycles. The minimum absolute atomic E-state index is 0.131. The van der Waals surface area contributed by atoms with Gasteiger partial charge in [0, 0.05) is 11.6 Å². The predicted molar refractivity (Wildman–Crippen MR) is 80.0 cm³/mol. The Labute approximate surface area is 119 Å². The lowest BCUT2D eigenvalue weighted by Crippen LogP contribution is -2.21. The topological polar surface area (TPSA) is 43.8 Å². The summed E-state index contributed by atoms with van der Waals surface area (Å²) in [5, 5.41) is 5.20. The van der Waals surface area contributed by atoms with E-state index >= 15 is 0 Å². The molecule has 102 valence electrons. The Morgan fingerprint density at radius 2 is 1.89 bits per heavy atom. The van der Waals surface area contributed by atoms with Crippen LogP contribution in [0.5, 0.6) is 0 Å². The summed E-state index contributed by atoms with van der Waals surface area (Å²) in [6.07, 6.45) is 1.71. The van der Waals surface area contributed by atoms with Crippen LogP contribution in [0.1, 0.15) is 30.2 Å². The zero-order valence-corrected chi connectivity index (χ0v) is 12.4. The molecule has 1 atom stereocenters. The van der Waals surface area contributed by atoms with E-state index in [9.17, 15) is 0 Å². The van der Waals surface area contributed by atoms with Gasteiger partial charge in [-0.25, -0.2) is 4.68 Å². The number of nitrogens with zero attached hydrogens (tertiary/aromatic N) is 2. The number of aromatic nitrogens is 2. The van der Waals surface area contributed by atoms with Crippen LogP contribution < -0.4 is 5.73 Å². The lowest BCUT2D eigenvalue weighted by atomic mass is 10.1. The zero-order valence-electron chi connectivity index (χ0n) is 11.7. The third-order valence-electron chi connectivity index (χ3n) is 3.39. The van der Waals surface area contributed by atoms with Crippen LogP contribution in [-0.2, 0) is 6.42 Å². The van der Waals surface area contributed by atoms with Gasteiger partial charge in [-0.2, -0.15) is 5.10 Å². The molecule has 0 saturated carbocycles. The van der Waals surface area contributed by atoms with Crippen LogP contribution in [0, 0.1) is 13.8 Å². The van der Waals surface area contributed by atoms with Crippen molar-refractivity contribution in [3.05, 3.63) is 46.2 Å². The van der Waals surface area contributed by atoms with Crippen LogP contribution in [0.15, 0.2) is 24.3 Å². The average Bonchev–Trinajstić information content (AvgIpc) is 2.67. The fourth-order valence-electron chi connectivity index (χ4n) is 2.03. The molecule has 3 nitrogen and oxygen atoms in total. The molecule has 0 spiro atoms. The number of rotatable bonds is 4. The number of halogens is 1. The highest BCUT2D eigenvalue weighted by molar-refractivity contribution is 6.30. The van der Waals surface area contributed by atoms with Crippen molar-refractivity contribution in [2.75, 3.05) is 0 Å². The second-order valence-electron chi connectivity index (χ2n) is 4.97. The van der Waals surface area contributed by atoms with Gasteiger partial charge in [0.25, 0.3) is 0 Å². The summed E-state index contributed by atoms with van der Waals surface area (Å²) >= 11 is 6.45. The largest absolute Gasteiger partial charge is 0.327 e. The lowest BCUT2D eigenvalue weighted by molar-refractivity contribution is 0.644. The zero-order chi connectivity index (χ0) is 14.0. The summed E-state index contributed by atoms with van der Waals surface area (Å²) in [5.41, 5.74) is 10.2. The van der Waals surface area contributed by atoms with Gasteiger partial charge in [0.2, 0.25) is 0 Å². The first-order chi connectivity index (χ1) is 9.02. The fraction of sp³-hybridized carbons (Fsp3) is 0.400. The summed E-state index contributed by atoms with van der Waals surface area (Å²) in [6.45, 7) is 6.12. The van der Waals surface area contributed by atoms with E-state index in [0.29, 0.717) is 5.15 Å². The van der Waals surface area contributed by atoms with Gasteiger partial charge in [0.15, 0.2) is 0 Å². The van der Waals surface area contributed by atoms with E-state index in [1.807, 2.05) is 19.1 Å². The van der Waals surface area contributed by atoms with E-state index in [1.54, 1.807) is 4.68 Å². The highest BCUT2D eigenvalue weighted by Crippen LogP contribution is 2.25. The van der Waals surface area contributed by atoms with Gasteiger partial charge in [0.1, 0.15) is 5.15 Å². The maximum atomic E-state index is 6.45. The fourth-order valence-corrected chi connectivity index (χ4v) is 2.38. The molecule has 1 aromatic heterocycles. The monoisotopic (exact) mass is 277 g/mol. The van der Waals surface area contributed by atoms with Crippen molar-refractivity contribution in [3.63, 3.8) is 0 Å². The van der Waals surface area contributed by atoms with Crippen LogP contribution in [0.25, 0.3) is 5.69 Å². The molecular formula is C15H20ClN3. The van der Waals surface area contributed by atoms with Crippen molar-refractivity contribution in [2.24, 2.45) is 5.73 Å². The van der Waals surface area contributed by atoms with Crippen molar-refractivity contribution >= 4 is 11.6 Å². The smallest absolute Gasteiger partial charge is 0.136 e. The normalized spacial score (nSPS) is 12.7. The van der Waals surface area contributed by atoms with Crippen LogP contribution in [0.2, 0.25) is 5.15 Å². The van der Waals surface area contributed by atoms with E-state index in [1.165, 1.54) is 5.56 Å². The summed E-state index contributed by atoms with van der Waals surface area (Å²) in [6, 6.07) is 8.29. The molecule has 0 fully saturated rings. The van der Waals surface area contributed by atoms with Crippen LogP contribution in [0.4, 0.5) is 0 Å². The third-order valence-corrected chi connectivity index (χ3v) is 3.78.